The lowest BCUT2D eigenvalue weighted by Crippen LogP contribution is -2.14. The van der Waals surface area contributed by atoms with Gasteiger partial charge in [-0.25, -0.2) is 9.97 Å². The third-order valence-corrected chi connectivity index (χ3v) is 3.32. The van der Waals surface area contributed by atoms with E-state index in [-0.39, 0.29) is 6.04 Å². The molecule has 2 rings (SSSR count). The van der Waals surface area contributed by atoms with E-state index in [2.05, 4.69) is 16.0 Å². The first-order valence-electron chi connectivity index (χ1n) is 6.28. The smallest absolute Gasteiger partial charge is 0.145 e. The molecule has 0 aromatic carbocycles. The maximum Gasteiger partial charge on any atom is 0.145 e. The molecule has 1 aliphatic rings. The van der Waals surface area contributed by atoms with Crippen LogP contribution in [0.15, 0.2) is 6.07 Å². The molecule has 0 spiro atoms. The molecule has 1 saturated carbocycles. The van der Waals surface area contributed by atoms with Crippen molar-refractivity contribution >= 4 is 0 Å². The Labute approximate surface area is 97.5 Å². The van der Waals surface area contributed by atoms with Gasteiger partial charge in [0.2, 0.25) is 0 Å². The number of nitrogens with zero attached hydrogens (tertiary/aromatic N) is 2. The van der Waals surface area contributed by atoms with Crippen molar-refractivity contribution in [1.29, 1.82) is 0 Å². The van der Waals surface area contributed by atoms with Crippen LogP contribution in [0.3, 0.4) is 0 Å². The van der Waals surface area contributed by atoms with Crippen LogP contribution < -0.4 is 5.73 Å². The Morgan fingerprint density at radius 2 is 1.94 bits per heavy atom. The molecule has 0 bridgehead atoms. The highest BCUT2D eigenvalue weighted by molar-refractivity contribution is 5.16. The number of hydrogen-bond donors (Lipinski definition) is 1. The van der Waals surface area contributed by atoms with Crippen LogP contribution in [0.5, 0.6) is 0 Å². The maximum absolute atomic E-state index is 5.86. The molecular weight excluding hydrogens is 198 g/mol. The maximum atomic E-state index is 5.86. The van der Waals surface area contributed by atoms with Crippen molar-refractivity contribution in [2.24, 2.45) is 5.73 Å². The second kappa shape index (κ2) is 4.91. The van der Waals surface area contributed by atoms with Crippen LogP contribution in [0.25, 0.3) is 0 Å². The van der Waals surface area contributed by atoms with Gasteiger partial charge in [-0.05, 0) is 32.8 Å². The molecule has 16 heavy (non-hydrogen) atoms. The summed E-state index contributed by atoms with van der Waals surface area (Å²) < 4.78 is 0. The van der Waals surface area contributed by atoms with Gasteiger partial charge in [0, 0.05) is 17.3 Å². The molecule has 1 aromatic rings. The van der Waals surface area contributed by atoms with Crippen molar-refractivity contribution in [1.82, 2.24) is 9.97 Å². The summed E-state index contributed by atoms with van der Waals surface area (Å²) in [5.41, 5.74) is 8.11. The lowest BCUT2D eigenvalue weighted by molar-refractivity contribution is 0.434. The van der Waals surface area contributed by atoms with Crippen LogP contribution in [-0.2, 0) is 0 Å². The quantitative estimate of drug-likeness (QED) is 0.832. The molecule has 1 heterocycles. The van der Waals surface area contributed by atoms with Crippen molar-refractivity contribution in [3.8, 4) is 0 Å². The molecular formula is C13H21N3. The van der Waals surface area contributed by atoms with Gasteiger partial charge in [-0.15, -0.1) is 0 Å². The van der Waals surface area contributed by atoms with Crippen LogP contribution in [0, 0.1) is 6.92 Å². The van der Waals surface area contributed by atoms with Gasteiger partial charge in [0.1, 0.15) is 5.82 Å². The van der Waals surface area contributed by atoms with Gasteiger partial charge < -0.3 is 5.73 Å². The predicted molar refractivity (Wildman–Crippen MR) is 65.2 cm³/mol. The number of nitrogens with two attached hydrogens (primary N) is 1. The molecule has 1 atom stereocenters. The minimum absolute atomic E-state index is 0.0674. The highest BCUT2D eigenvalue weighted by atomic mass is 14.9. The first kappa shape index (κ1) is 11.5. The van der Waals surface area contributed by atoms with E-state index >= 15 is 0 Å². The van der Waals surface area contributed by atoms with Gasteiger partial charge in [-0.2, -0.15) is 0 Å². The van der Waals surface area contributed by atoms with Gasteiger partial charge in [0.25, 0.3) is 0 Å². The van der Waals surface area contributed by atoms with E-state index in [1.807, 2.05) is 13.8 Å². The molecule has 1 aliphatic carbocycles. The number of hydrogen-bond acceptors (Lipinski definition) is 3. The van der Waals surface area contributed by atoms with Crippen LogP contribution in [0.4, 0.5) is 0 Å². The topological polar surface area (TPSA) is 51.8 Å². The largest absolute Gasteiger partial charge is 0.322 e. The summed E-state index contributed by atoms with van der Waals surface area (Å²) in [6.07, 6.45) is 6.59. The van der Waals surface area contributed by atoms with Gasteiger partial charge in [0.15, 0.2) is 0 Å². The Kier molecular flexibility index (Phi) is 3.54. The average molecular weight is 219 g/mol. The molecule has 0 radical (unpaired) electrons. The molecule has 0 saturated heterocycles. The fraction of sp³-hybridized carbons (Fsp3) is 0.692. The van der Waals surface area contributed by atoms with Crippen LogP contribution in [-0.4, -0.2) is 9.97 Å². The van der Waals surface area contributed by atoms with Gasteiger partial charge >= 0.3 is 0 Å². The van der Waals surface area contributed by atoms with E-state index in [9.17, 15) is 0 Å². The van der Waals surface area contributed by atoms with E-state index in [4.69, 9.17) is 5.73 Å². The normalized spacial score (nSPS) is 19.7. The van der Waals surface area contributed by atoms with E-state index in [1.54, 1.807) is 0 Å². The fourth-order valence-electron chi connectivity index (χ4n) is 2.43. The molecule has 1 aromatic heterocycles. The van der Waals surface area contributed by atoms with Crippen molar-refractivity contribution in [3.05, 3.63) is 23.3 Å². The number of aromatic nitrogens is 2. The number of rotatable bonds is 2. The van der Waals surface area contributed by atoms with Gasteiger partial charge in [0.05, 0.1) is 6.04 Å². The lowest BCUT2D eigenvalue weighted by atomic mass is 9.86. The Morgan fingerprint density at radius 1 is 1.25 bits per heavy atom. The minimum Gasteiger partial charge on any atom is -0.322 e. The van der Waals surface area contributed by atoms with E-state index < -0.39 is 0 Å². The summed E-state index contributed by atoms with van der Waals surface area (Å²) in [4.78, 5) is 9.01. The first-order chi connectivity index (χ1) is 7.66. The van der Waals surface area contributed by atoms with Crippen molar-refractivity contribution < 1.29 is 0 Å². The second-order valence-corrected chi connectivity index (χ2v) is 4.92. The van der Waals surface area contributed by atoms with Crippen LogP contribution in [0.1, 0.15) is 68.2 Å². The summed E-state index contributed by atoms with van der Waals surface area (Å²) in [7, 11) is 0. The zero-order valence-electron chi connectivity index (χ0n) is 10.2. The highest BCUT2D eigenvalue weighted by Crippen LogP contribution is 2.31. The van der Waals surface area contributed by atoms with Gasteiger partial charge in [-0.1, -0.05) is 19.3 Å². The zero-order chi connectivity index (χ0) is 11.5. The standard InChI is InChI=1S/C13H21N3/c1-9-8-12(11-6-4-3-5-7-11)16-13(15-9)10(2)14/h8,10-11H,3-7,14H2,1-2H3. The van der Waals surface area contributed by atoms with E-state index in [0.717, 1.165) is 11.5 Å². The van der Waals surface area contributed by atoms with Crippen molar-refractivity contribution in [3.63, 3.8) is 0 Å². The van der Waals surface area contributed by atoms with Crippen molar-refractivity contribution in [2.75, 3.05) is 0 Å². The minimum atomic E-state index is -0.0674. The average Bonchev–Trinajstić information content (AvgIpc) is 2.29. The summed E-state index contributed by atoms with van der Waals surface area (Å²) in [6, 6.07) is 2.06. The fourth-order valence-corrected chi connectivity index (χ4v) is 2.43. The van der Waals surface area contributed by atoms with Crippen LogP contribution in [0.2, 0.25) is 0 Å². The molecule has 0 aliphatic heterocycles. The van der Waals surface area contributed by atoms with Crippen molar-refractivity contribution in [2.45, 2.75) is 57.9 Å². The molecule has 3 nitrogen and oxygen atoms in total. The summed E-state index contributed by atoms with van der Waals surface area (Å²) in [5.74, 6) is 1.42. The Hall–Kier alpha value is -0.960. The summed E-state index contributed by atoms with van der Waals surface area (Å²) in [5, 5.41) is 0. The molecule has 1 fully saturated rings. The Bertz CT molecular complexity index is 354. The van der Waals surface area contributed by atoms with Crippen LogP contribution >= 0.6 is 0 Å². The summed E-state index contributed by atoms with van der Waals surface area (Å²) in [6.45, 7) is 3.97. The third-order valence-electron chi connectivity index (χ3n) is 3.32. The Morgan fingerprint density at radius 3 is 2.56 bits per heavy atom. The third kappa shape index (κ3) is 2.59. The Balaban J connectivity index is 2.25. The van der Waals surface area contributed by atoms with E-state index in [1.165, 1.54) is 37.8 Å². The summed E-state index contributed by atoms with van der Waals surface area (Å²) >= 11 is 0. The van der Waals surface area contributed by atoms with E-state index in [0.29, 0.717) is 5.92 Å². The predicted octanol–water partition coefficient (Wildman–Crippen LogP) is 2.85. The second-order valence-electron chi connectivity index (χ2n) is 4.92. The zero-order valence-corrected chi connectivity index (χ0v) is 10.2. The monoisotopic (exact) mass is 219 g/mol. The first-order valence-corrected chi connectivity index (χ1v) is 6.28. The lowest BCUT2D eigenvalue weighted by Gasteiger charge is -2.22. The molecule has 1 unspecified atom stereocenters. The molecule has 2 N–H and O–H groups in total. The van der Waals surface area contributed by atoms with Gasteiger partial charge in [-0.3, -0.25) is 0 Å². The molecule has 88 valence electrons. The number of aryl methyl sites for hydroxylation is 1. The molecule has 3 heteroatoms. The SMILES string of the molecule is Cc1cc(C2CCCCC2)nc(C(C)N)n1. The molecule has 0 amide bonds. The highest BCUT2D eigenvalue weighted by Gasteiger charge is 2.18.